The van der Waals surface area contributed by atoms with Gasteiger partial charge < -0.3 is 5.73 Å². The fraction of sp³-hybridized carbons (Fsp3) is 1.00. The SMILES string of the molecule is C[C@@H](Br)CN. The number of halogens is 1. The van der Waals surface area contributed by atoms with E-state index in [9.17, 15) is 0 Å². The Balaban J connectivity index is 2.54. The van der Waals surface area contributed by atoms with Crippen molar-refractivity contribution >= 4 is 15.9 Å². The molecule has 2 heteroatoms. The van der Waals surface area contributed by atoms with Crippen molar-refractivity contribution in [2.24, 2.45) is 5.73 Å². The Morgan fingerprint density at radius 2 is 2.20 bits per heavy atom. The number of hydrogen-bond acceptors (Lipinski definition) is 1. The number of hydrogen-bond donors (Lipinski definition) is 1. The minimum Gasteiger partial charge on any atom is -0.329 e. The van der Waals surface area contributed by atoms with E-state index in [-0.39, 0.29) is 0 Å². The Kier molecular flexibility index (Phi) is 2.90. The molecule has 0 amide bonds. The van der Waals surface area contributed by atoms with Gasteiger partial charge in [-0.3, -0.25) is 0 Å². The van der Waals surface area contributed by atoms with Gasteiger partial charge in [-0.2, -0.15) is 0 Å². The van der Waals surface area contributed by atoms with Crippen molar-refractivity contribution in [3.63, 3.8) is 0 Å². The largest absolute Gasteiger partial charge is 0.329 e. The smallest absolute Gasteiger partial charge is 0.0240 e. The second-order valence-electron chi connectivity index (χ2n) is 1.02. The van der Waals surface area contributed by atoms with Gasteiger partial charge in [-0.25, -0.2) is 0 Å². The van der Waals surface area contributed by atoms with Crippen LogP contribution in [0.4, 0.5) is 0 Å². The Hall–Kier alpha value is 0.440. The van der Waals surface area contributed by atoms with Crippen LogP contribution < -0.4 is 5.73 Å². The number of nitrogens with two attached hydrogens (primary N) is 1. The molecular formula is C3H8BrN. The van der Waals surface area contributed by atoms with Crippen molar-refractivity contribution in [1.29, 1.82) is 0 Å². The van der Waals surface area contributed by atoms with Gasteiger partial charge in [0.2, 0.25) is 0 Å². The molecule has 0 heterocycles. The molecule has 2 N–H and O–H groups in total. The zero-order valence-corrected chi connectivity index (χ0v) is 4.83. The summed E-state index contributed by atoms with van der Waals surface area (Å²) in [5.74, 6) is 0. The lowest BCUT2D eigenvalue weighted by molar-refractivity contribution is 0.968. The summed E-state index contributed by atoms with van der Waals surface area (Å²) in [4.78, 5) is 0.475. The quantitative estimate of drug-likeness (QED) is 0.531. The van der Waals surface area contributed by atoms with Crippen molar-refractivity contribution in [3.05, 3.63) is 0 Å². The third-order valence-corrected chi connectivity index (χ3v) is 0.699. The molecule has 0 aliphatic heterocycles. The van der Waals surface area contributed by atoms with Gasteiger partial charge in [-0.1, -0.05) is 22.9 Å². The Bertz CT molecular complexity index is 20.9. The number of alkyl halides is 1. The van der Waals surface area contributed by atoms with Gasteiger partial charge >= 0.3 is 0 Å². The number of rotatable bonds is 1. The molecule has 0 saturated carbocycles. The maximum atomic E-state index is 5.12. The van der Waals surface area contributed by atoms with Crippen LogP contribution >= 0.6 is 15.9 Å². The van der Waals surface area contributed by atoms with Crippen molar-refractivity contribution in [1.82, 2.24) is 0 Å². The molecule has 1 nitrogen and oxygen atoms in total. The van der Waals surface area contributed by atoms with Gasteiger partial charge in [-0.15, -0.1) is 0 Å². The monoisotopic (exact) mass is 137 g/mol. The summed E-state index contributed by atoms with van der Waals surface area (Å²) in [5.41, 5.74) is 5.12. The minimum atomic E-state index is 0.475. The van der Waals surface area contributed by atoms with Crippen LogP contribution in [-0.4, -0.2) is 11.4 Å². The first-order chi connectivity index (χ1) is 2.27. The minimum absolute atomic E-state index is 0.475. The van der Waals surface area contributed by atoms with E-state index >= 15 is 0 Å². The van der Waals surface area contributed by atoms with Crippen LogP contribution in [0.25, 0.3) is 0 Å². The maximum Gasteiger partial charge on any atom is 0.0240 e. The van der Waals surface area contributed by atoms with E-state index < -0.39 is 0 Å². The molecule has 32 valence electrons. The highest BCUT2D eigenvalue weighted by Crippen LogP contribution is 1.89. The van der Waals surface area contributed by atoms with Crippen molar-refractivity contribution in [3.8, 4) is 0 Å². The van der Waals surface area contributed by atoms with Crippen molar-refractivity contribution < 1.29 is 0 Å². The average molecular weight is 138 g/mol. The molecule has 0 saturated heterocycles. The molecule has 0 unspecified atom stereocenters. The van der Waals surface area contributed by atoms with Gasteiger partial charge in [0.25, 0.3) is 0 Å². The van der Waals surface area contributed by atoms with Crippen LogP contribution in [0.5, 0.6) is 0 Å². The molecule has 0 rings (SSSR count). The molecule has 5 heavy (non-hydrogen) atoms. The van der Waals surface area contributed by atoms with E-state index in [2.05, 4.69) is 15.9 Å². The van der Waals surface area contributed by atoms with E-state index in [1.807, 2.05) is 6.92 Å². The first-order valence-corrected chi connectivity index (χ1v) is 2.53. The van der Waals surface area contributed by atoms with E-state index in [0.29, 0.717) is 4.83 Å². The zero-order valence-electron chi connectivity index (χ0n) is 3.24. The predicted octanol–water partition coefficient (Wildman–Crippen LogP) is 0.728. The highest BCUT2D eigenvalue weighted by molar-refractivity contribution is 9.09. The highest BCUT2D eigenvalue weighted by atomic mass is 79.9. The molecule has 0 aromatic carbocycles. The molecule has 1 atom stereocenters. The van der Waals surface area contributed by atoms with Crippen molar-refractivity contribution in [2.45, 2.75) is 11.8 Å². The lowest BCUT2D eigenvalue weighted by atomic mass is 10.5. The van der Waals surface area contributed by atoms with Crippen LogP contribution in [0, 0.1) is 0 Å². The standard InChI is InChI=1S/C3H8BrN/c1-3(4)2-5/h3H,2,5H2,1H3/t3-/m1/s1. The van der Waals surface area contributed by atoms with E-state index in [1.165, 1.54) is 0 Å². The first kappa shape index (κ1) is 5.44. The molecule has 0 aliphatic carbocycles. The Morgan fingerprint density at radius 3 is 2.20 bits per heavy atom. The summed E-state index contributed by atoms with van der Waals surface area (Å²) in [6.45, 7) is 2.74. The molecule has 0 spiro atoms. The van der Waals surface area contributed by atoms with Crippen molar-refractivity contribution in [2.75, 3.05) is 6.54 Å². The van der Waals surface area contributed by atoms with Gasteiger partial charge in [0.15, 0.2) is 0 Å². The zero-order chi connectivity index (χ0) is 4.28. The van der Waals surface area contributed by atoms with E-state index in [1.54, 1.807) is 0 Å². The van der Waals surface area contributed by atoms with Gasteiger partial charge in [-0.05, 0) is 0 Å². The lowest BCUT2D eigenvalue weighted by Gasteiger charge is -1.88. The lowest BCUT2D eigenvalue weighted by Crippen LogP contribution is -2.08. The third kappa shape index (κ3) is 4.44. The van der Waals surface area contributed by atoms with Gasteiger partial charge in [0, 0.05) is 11.4 Å². The van der Waals surface area contributed by atoms with E-state index in [4.69, 9.17) is 5.73 Å². The fourth-order valence-corrected chi connectivity index (χ4v) is 0. The van der Waals surface area contributed by atoms with Gasteiger partial charge in [0.1, 0.15) is 0 Å². The van der Waals surface area contributed by atoms with Gasteiger partial charge in [0.05, 0.1) is 0 Å². The van der Waals surface area contributed by atoms with E-state index in [0.717, 1.165) is 6.54 Å². The molecule has 0 aromatic rings. The van der Waals surface area contributed by atoms with Crippen LogP contribution in [0.1, 0.15) is 6.92 Å². The third-order valence-electron chi connectivity index (χ3n) is 0.325. The topological polar surface area (TPSA) is 26.0 Å². The molecule has 0 radical (unpaired) electrons. The second-order valence-corrected chi connectivity index (χ2v) is 2.58. The molecule has 0 fully saturated rings. The van der Waals surface area contributed by atoms with Crippen LogP contribution in [-0.2, 0) is 0 Å². The van der Waals surface area contributed by atoms with Crippen LogP contribution in [0.2, 0.25) is 0 Å². The molecule has 0 aromatic heterocycles. The summed E-state index contributed by atoms with van der Waals surface area (Å²) in [5, 5.41) is 0. The summed E-state index contributed by atoms with van der Waals surface area (Å²) >= 11 is 3.25. The van der Waals surface area contributed by atoms with Crippen LogP contribution in [0.15, 0.2) is 0 Å². The fourth-order valence-electron chi connectivity index (χ4n) is 0. The molecule has 0 aliphatic rings. The summed E-state index contributed by atoms with van der Waals surface area (Å²) in [6.07, 6.45) is 0. The summed E-state index contributed by atoms with van der Waals surface area (Å²) in [7, 11) is 0. The average Bonchev–Trinajstić information content (AvgIpc) is 1.38. The summed E-state index contributed by atoms with van der Waals surface area (Å²) < 4.78 is 0. The molecular weight excluding hydrogens is 130 g/mol. The second kappa shape index (κ2) is 2.67. The Morgan fingerprint density at radius 1 is 2.00 bits per heavy atom. The molecule has 0 bridgehead atoms. The predicted molar refractivity (Wildman–Crippen MR) is 27.4 cm³/mol. The summed E-state index contributed by atoms with van der Waals surface area (Å²) in [6, 6.07) is 0. The maximum absolute atomic E-state index is 5.12. The first-order valence-electron chi connectivity index (χ1n) is 1.61. The Labute approximate surface area is 40.7 Å². The van der Waals surface area contributed by atoms with Crippen LogP contribution in [0.3, 0.4) is 0 Å². The normalized spacial score (nSPS) is 15.0. The highest BCUT2D eigenvalue weighted by Gasteiger charge is 1.82.